The maximum atomic E-state index is 5.56. The molecule has 2 nitrogen and oxygen atoms in total. The van der Waals surface area contributed by atoms with Gasteiger partial charge in [-0.15, -0.1) is 0 Å². The fourth-order valence-electron chi connectivity index (χ4n) is 2.70. The van der Waals surface area contributed by atoms with Crippen LogP contribution in [-0.4, -0.2) is 25.8 Å². The molecule has 0 aliphatic carbocycles. The van der Waals surface area contributed by atoms with Crippen molar-refractivity contribution in [3.63, 3.8) is 0 Å². The molecule has 0 amide bonds. The predicted octanol–water partition coefficient (Wildman–Crippen LogP) is 3.04. The van der Waals surface area contributed by atoms with Crippen LogP contribution in [0, 0.1) is 6.92 Å². The first kappa shape index (κ1) is 13.6. The molecule has 1 N–H and O–H groups in total. The van der Waals surface area contributed by atoms with Crippen LogP contribution in [0.5, 0.6) is 0 Å². The largest absolute Gasteiger partial charge is 0.381 e. The molecule has 0 radical (unpaired) electrons. The smallest absolute Gasteiger partial charge is 0.0475 e. The summed E-state index contributed by atoms with van der Waals surface area (Å²) in [6, 6.07) is 9.51. The number of rotatable bonds is 4. The zero-order chi connectivity index (χ0) is 13.0. The average molecular weight is 247 g/mol. The maximum absolute atomic E-state index is 5.56. The van der Waals surface area contributed by atoms with Crippen LogP contribution in [0.25, 0.3) is 0 Å². The number of hydrogen-bond donors (Lipinski definition) is 1. The van der Waals surface area contributed by atoms with E-state index < -0.39 is 0 Å². The van der Waals surface area contributed by atoms with Gasteiger partial charge < -0.3 is 10.1 Å². The molecule has 0 saturated carbocycles. The SMILES string of the molecule is Cc1cccc(C2(CNC(C)C)CCOCC2)c1. The third-order valence-electron chi connectivity index (χ3n) is 3.93. The van der Waals surface area contributed by atoms with Gasteiger partial charge in [-0.05, 0) is 25.3 Å². The highest BCUT2D eigenvalue weighted by Gasteiger charge is 2.34. The molecule has 2 rings (SSSR count). The lowest BCUT2D eigenvalue weighted by Gasteiger charge is -2.38. The summed E-state index contributed by atoms with van der Waals surface area (Å²) in [5.74, 6) is 0. The molecule has 0 atom stereocenters. The third-order valence-corrected chi connectivity index (χ3v) is 3.93. The summed E-state index contributed by atoms with van der Waals surface area (Å²) in [6.07, 6.45) is 2.24. The van der Waals surface area contributed by atoms with Gasteiger partial charge in [-0.25, -0.2) is 0 Å². The van der Waals surface area contributed by atoms with Crippen molar-refractivity contribution in [1.82, 2.24) is 5.32 Å². The van der Waals surface area contributed by atoms with E-state index >= 15 is 0 Å². The van der Waals surface area contributed by atoms with E-state index in [1.54, 1.807) is 0 Å². The second kappa shape index (κ2) is 5.85. The van der Waals surface area contributed by atoms with Crippen molar-refractivity contribution in [2.24, 2.45) is 0 Å². The highest BCUT2D eigenvalue weighted by atomic mass is 16.5. The van der Waals surface area contributed by atoms with Crippen LogP contribution in [0.3, 0.4) is 0 Å². The van der Waals surface area contributed by atoms with Crippen molar-refractivity contribution < 1.29 is 4.74 Å². The van der Waals surface area contributed by atoms with Crippen LogP contribution in [-0.2, 0) is 10.2 Å². The monoisotopic (exact) mass is 247 g/mol. The van der Waals surface area contributed by atoms with E-state index in [1.165, 1.54) is 11.1 Å². The Balaban J connectivity index is 2.23. The van der Waals surface area contributed by atoms with Crippen molar-refractivity contribution >= 4 is 0 Å². The molecule has 1 aliphatic heterocycles. The molecule has 0 bridgehead atoms. The molecular weight excluding hydrogens is 222 g/mol. The van der Waals surface area contributed by atoms with Crippen molar-refractivity contribution in [2.75, 3.05) is 19.8 Å². The van der Waals surface area contributed by atoms with Crippen LogP contribution in [0.4, 0.5) is 0 Å². The Hall–Kier alpha value is -0.860. The molecule has 2 heteroatoms. The highest BCUT2D eigenvalue weighted by Crippen LogP contribution is 2.34. The zero-order valence-corrected chi connectivity index (χ0v) is 11.8. The molecule has 1 fully saturated rings. The van der Waals surface area contributed by atoms with E-state index in [9.17, 15) is 0 Å². The van der Waals surface area contributed by atoms with Crippen LogP contribution in [0.15, 0.2) is 24.3 Å². The van der Waals surface area contributed by atoms with Gasteiger partial charge in [0.05, 0.1) is 0 Å². The molecule has 18 heavy (non-hydrogen) atoms. The fourth-order valence-corrected chi connectivity index (χ4v) is 2.70. The van der Waals surface area contributed by atoms with Gasteiger partial charge in [0, 0.05) is 31.2 Å². The van der Waals surface area contributed by atoms with E-state index in [-0.39, 0.29) is 5.41 Å². The van der Waals surface area contributed by atoms with Crippen molar-refractivity contribution in [3.8, 4) is 0 Å². The number of hydrogen-bond acceptors (Lipinski definition) is 2. The Bertz CT molecular complexity index is 380. The number of nitrogens with one attached hydrogen (secondary N) is 1. The Kier molecular flexibility index (Phi) is 4.41. The van der Waals surface area contributed by atoms with Gasteiger partial charge >= 0.3 is 0 Å². The van der Waals surface area contributed by atoms with Crippen LogP contribution < -0.4 is 5.32 Å². The lowest BCUT2D eigenvalue weighted by molar-refractivity contribution is 0.0492. The Labute approximate surface area is 111 Å². The number of benzene rings is 1. The lowest BCUT2D eigenvalue weighted by Crippen LogP contribution is -2.44. The lowest BCUT2D eigenvalue weighted by atomic mass is 9.73. The quantitative estimate of drug-likeness (QED) is 0.883. The Morgan fingerprint density at radius 1 is 1.28 bits per heavy atom. The van der Waals surface area contributed by atoms with Crippen LogP contribution in [0.1, 0.15) is 37.8 Å². The summed E-state index contributed by atoms with van der Waals surface area (Å²) in [7, 11) is 0. The first-order valence-electron chi connectivity index (χ1n) is 7.01. The summed E-state index contributed by atoms with van der Waals surface area (Å²) in [6.45, 7) is 9.41. The summed E-state index contributed by atoms with van der Waals surface area (Å²) < 4.78 is 5.56. The van der Waals surface area contributed by atoms with Crippen molar-refractivity contribution in [2.45, 2.75) is 45.1 Å². The van der Waals surface area contributed by atoms with Gasteiger partial charge in [-0.3, -0.25) is 0 Å². The van der Waals surface area contributed by atoms with E-state index in [0.29, 0.717) is 6.04 Å². The third kappa shape index (κ3) is 3.12. The van der Waals surface area contributed by atoms with Crippen LogP contribution in [0.2, 0.25) is 0 Å². The topological polar surface area (TPSA) is 21.3 Å². The van der Waals surface area contributed by atoms with Crippen molar-refractivity contribution in [3.05, 3.63) is 35.4 Å². The van der Waals surface area contributed by atoms with Gasteiger partial charge in [0.15, 0.2) is 0 Å². The molecule has 1 heterocycles. The Morgan fingerprint density at radius 2 is 2.00 bits per heavy atom. The molecular formula is C16H25NO. The average Bonchev–Trinajstić information content (AvgIpc) is 2.37. The summed E-state index contributed by atoms with van der Waals surface area (Å²) in [4.78, 5) is 0. The molecule has 1 saturated heterocycles. The summed E-state index contributed by atoms with van der Waals surface area (Å²) in [5.41, 5.74) is 3.08. The van der Waals surface area contributed by atoms with Gasteiger partial charge in [0.2, 0.25) is 0 Å². The van der Waals surface area contributed by atoms with E-state index in [2.05, 4.69) is 50.4 Å². The van der Waals surface area contributed by atoms with Gasteiger partial charge in [0.25, 0.3) is 0 Å². The highest BCUT2D eigenvalue weighted by molar-refractivity contribution is 5.30. The second-order valence-electron chi connectivity index (χ2n) is 5.80. The summed E-state index contributed by atoms with van der Waals surface area (Å²) >= 11 is 0. The van der Waals surface area contributed by atoms with Crippen LogP contribution >= 0.6 is 0 Å². The molecule has 0 unspecified atom stereocenters. The maximum Gasteiger partial charge on any atom is 0.0475 e. The van der Waals surface area contributed by atoms with Gasteiger partial charge in [0.1, 0.15) is 0 Å². The predicted molar refractivity (Wildman–Crippen MR) is 76.0 cm³/mol. The van der Waals surface area contributed by atoms with Gasteiger partial charge in [-0.1, -0.05) is 43.7 Å². The molecule has 0 aromatic heterocycles. The zero-order valence-electron chi connectivity index (χ0n) is 11.8. The van der Waals surface area contributed by atoms with E-state index in [0.717, 1.165) is 32.6 Å². The molecule has 1 aromatic rings. The molecule has 100 valence electrons. The van der Waals surface area contributed by atoms with E-state index in [1.807, 2.05) is 0 Å². The minimum atomic E-state index is 0.258. The normalized spacial score (nSPS) is 19.1. The molecule has 1 aromatic carbocycles. The van der Waals surface area contributed by atoms with Crippen molar-refractivity contribution in [1.29, 1.82) is 0 Å². The number of aryl methyl sites for hydroxylation is 1. The van der Waals surface area contributed by atoms with Gasteiger partial charge in [-0.2, -0.15) is 0 Å². The standard InChI is InChI=1S/C16H25NO/c1-13(2)17-12-16(7-9-18-10-8-16)15-6-4-5-14(3)11-15/h4-6,11,13,17H,7-10,12H2,1-3H3. The minimum Gasteiger partial charge on any atom is -0.381 e. The molecule has 0 spiro atoms. The molecule has 1 aliphatic rings. The first-order valence-corrected chi connectivity index (χ1v) is 7.01. The minimum absolute atomic E-state index is 0.258. The fraction of sp³-hybridized carbons (Fsp3) is 0.625. The first-order chi connectivity index (χ1) is 8.62. The van der Waals surface area contributed by atoms with E-state index in [4.69, 9.17) is 4.74 Å². The summed E-state index contributed by atoms with van der Waals surface area (Å²) in [5, 5.41) is 3.62. The second-order valence-corrected chi connectivity index (χ2v) is 5.80. The number of ether oxygens (including phenoxy) is 1. The Morgan fingerprint density at radius 3 is 2.61 bits per heavy atom.